The van der Waals surface area contributed by atoms with Crippen LogP contribution < -0.4 is 5.73 Å². The molecule has 0 unspecified atom stereocenters. The summed E-state index contributed by atoms with van der Waals surface area (Å²) in [6.07, 6.45) is 0. The highest BCUT2D eigenvalue weighted by Crippen LogP contribution is 2.43. The number of hydrogen-bond donors (Lipinski definition) is 1. The summed E-state index contributed by atoms with van der Waals surface area (Å²) in [6, 6.07) is 27.9. The van der Waals surface area contributed by atoms with Crippen LogP contribution in [0.1, 0.15) is 22.3 Å². The Kier molecular flexibility index (Phi) is 7.26. The number of benzene rings is 3. The van der Waals surface area contributed by atoms with E-state index >= 15 is 0 Å². The number of fused-ring (bicyclic) bond motifs is 1. The molecule has 5 aromatic rings. The minimum atomic E-state index is 0.0635. The first-order chi connectivity index (χ1) is 18.4. The highest BCUT2D eigenvalue weighted by atomic mass is 35.5. The highest BCUT2D eigenvalue weighted by molar-refractivity contribution is 7.99. The van der Waals surface area contributed by atoms with Crippen molar-refractivity contribution in [2.75, 3.05) is 5.73 Å². The number of aromatic nitrogens is 2. The second kappa shape index (κ2) is 10.8. The molecule has 0 aliphatic carbocycles. The Morgan fingerprint density at radius 3 is 2.00 bits per heavy atom. The summed E-state index contributed by atoms with van der Waals surface area (Å²) in [5, 5.41) is 23.1. The molecule has 0 bridgehead atoms. The van der Waals surface area contributed by atoms with Gasteiger partial charge in [-0.2, -0.15) is 10.5 Å². The lowest BCUT2D eigenvalue weighted by molar-refractivity contribution is 1.10. The van der Waals surface area contributed by atoms with Gasteiger partial charge in [0.05, 0.1) is 11.1 Å². The van der Waals surface area contributed by atoms with Gasteiger partial charge in [-0.1, -0.05) is 64.5 Å². The average molecular weight is 550 g/mol. The van der Waals surface area contributed by atoms with Crippen molar-refractivity contribution in [3.63, 3.8) is 0 Å². The van der Waals surface area contributed by atoms with E-state index in [1.165, 1.54) is 23.5 Å². The second-order valence-electron chi connectivity index (χ2n) is 8.66. The highest BCUT2D eigenvalue weighted by Gasteiger charge is 2.24. The Morgan fingerprint density at radius 2 is 1.34 bits per heavy atom. The molecule has 0 spiro atoms. The molecule has 2 heterocycles. The number of pyridine rings is 2. The first kappa shape index (κ1) is 25.6. The van der Waals surface area contributed by atoms with Crippen LogP contribution in [0.5, 0.6) is 0 Å². The van der Waals surface area contributed by atoms with Crippen molar-refractivity contribution in [1.29, 1.82) is 10.5 Å². The van der Waals surface area contributed by atoms with E-state index in [9.17, 15) is 10.5 Å². The number of nitrogens with two attached hydrogens (primary N) is 1. The fourth-order valence-electron chi connectivity index (χ4n) is 4.01. The van der Waals surface area contributed by atoms with Gasteiger partial charge in [-0.25, -0.2) is 9.97 Å². The second-order valence-corrected chi connectivity index (χ2v) is 11.2. The summed E-state index contributed by atoms with van der Waals surface area (Å²) < 4.78 is 0. The first-order valence-electron chi connectivity index (χ1n) is 11.6. The summed E-state index contributed by atoms with van der Waals surface area (Å²) in [5.41, 5.74) is 10.9. The van der Waals surface area contributed by atoms with Gasteiger partial charge in [0, 0.05) is 31.3 Å². The van der Waals surface area contributed by atoms with Crippen LogP contribution in [0.4, 0.5) is 5.82 Å². The predicted molar refractivity (Wildman–Crippen MR) is 154 cm³/mol. The number of nitrogens with zero attached hydrogens (tertiary/aromatic N) is 4. The smallest absolute Gasteiger partial charge is 0.143 e. The van der Waals surface area contributed by atoms with Crippen LogP contribution >= 0.6 is 35.1 Å². The van der Waals surface area contributed by atoms with Gasteiger partial charge in [0.25, 0.3) is 0 Å². The van der Waals surface area contributed by atoms with E-state index in [2.05, 4.69) is 17.1 Å². The van der Waals surface area contributed by atoms with Crippen LogP contribution in [0.3, 0.4) is 0 Å². The summed E-state index contributed by atoms with van der Waals surface area (Å²) in [6.45, 7) is 4.05. The third-order valence-corrected chi connectivity index (χ3v) is 8.14. The summed E-state index contributed by atoms with van der Waals surface area (Å²) in [4.78, 5) is 11.3. The molecule has 2 aromatic heterocycles. The van der Waals surface area contributed by atoms with Gasteiger partial charge in [0.15, 0.2) is 0 Å². The molecule has 184 valence electrons. The molecular weight excluding hydrogens is 530 g/mol. The van der Waals surface area contributed by atoms with Crippen molar-refractivity contribution in [3.05, 3.63) is 100 Å². The van der Waals surface area contributed by atoms with E-state index in [4.69, 9.17) is 22.3 Å². The Bertz CT molecular complexity index is 1770. The maximum Gasteiger partial charge on any atom is 0.143 e. The van der Waals surface area contributed by atoms with Crippen molar-refractivity contribution < 1.29 is 0 Å². The first-order valence-corrected chi connectivity index (χ1v) is 13.6. The zero-order chi connectivity index (χ0) is 26.8. The number of nitriles is 2. The van der Waals surface area contributed by atoms with E-state index in [0.717, 1.165) is 31.8 Å². The Morgan fingerprint density at radius 1 is 0.737 bits per heavy atom. The molecule has 0 atom stereocenters. The standard InChI is InChI=1S/C30H20ClN5S2/c1-17-3-8-21(9-4-17)37-29-23(14-19-13-18(2)5-12-26(19)35-29)27-24(15-32)28(34)36-30(25(27)16-33)38-22-10-6-20(31)7-11-22/h3-14H,1-2H3,(H2,34,36). The largest absolute Gasteiger partial charge is 0.383 e. The predicted octanol–water partition coefficient (Wildman–Crippen LogP) is 8.20. The van der Waals surface area contributed by atoms with Crippen LogP contribution in [0.15, 0.2) is 92.6 Å². The number of anilines is 1. The number of rotatable bonds is 5. The lowest BCUT2D eigenvalue weighted by Gasteiger charge is -2.16. The quantitative estimate of drug-likeness (QED) is 0.236. The minimum absolute atomic E-state index is 0.0635. The number of aryl methyl sites for hydroxylation is 2. The minimum Gasteiger partial charge on any atom is -0.383 e. The Balaban J connectivity index is 1.78. The summed E-state index contributed by atoms with van der Waals surface area (Å²) in [5.74, 6) is 0.0635. The molecule has 0 aliphatic heterocycles. The average Bonchev–Trinajstić information content (AvgIpc) is 2.91. The normalized spacial score (nSPS) is 10.8. The maximum absolute atomic E-state index is 10.4. The SMILES string of the molecule is Cc1ccc(Sc2nc3ccc(C)cc3cc2-c2c(C#N)c(N)nc(Sc3ccc(Cl)cc3)c2C#N)cc1. The lowest BCUT2D eigenvalue weighted by Crippen LogP contribution is -2.04. The van der Waals surface area contributed by atoms with Crippen molar-refractivity contribution in [2.45, 2.75) is 33.7 Å². The maximum atomic E-state index is 10.4. The molecule has 0 saturated carbocycles. The van der Waals surface area contributed by atoms with Gasteiger partial charge in [-0.05, 0) is 68.4 Å². The monoisotopic (exact) mass is 549 g/mol. The fraction of sp³-hybridized carbons (Fsp3) is 0.0667. The van der Waals surface area contributed by atoms with Crippen molar-refractivity contribution in [2.24, 2.45) is 0 Å². The molecule has 38 heavy (non-hydrogen) atoms. The van der Waals surface area contributed by atoms with Gasteiger partial charge in [-0.3, -0.25) is 0 Å². The molecule has 2 N–H and O–H groups in total. The molecule has 0 saturated heterocycles. The van der Waals surface area contributed by atoms with Crippen molar-refractivity contribution in [3.8, 4) is 23.3 Å². The third kappa shape index (κ3) is 5.18. The molecular formula is C30H20ClN5S2. The molecule has 0 amide bonds. The van der Waals surface area contributed by atoms with E-state index in [1.807, 2.05) is 74.5 Å². The molecule has 5 nitrogen and oxygen atoms in total. The van der Waals surface area contributed by atoms with E-state index in [0.29, 0.717) is 26.2 Å². The molecule has 5 rings (SSSR count). The van der Waals surface area contributed by atoms with Gasteiger partial charge in [0.1, 0.15) is 33.6 Å². The van der Waals surface area contributed by atoms with E-state index in [1.54, 1.807) is 12.1 Å². The van der Waals surface area contributed by atoms with Gasteiger partial charge in [0.2, 0.25) is 0 Å². The van der Waals surface area contributed by atoms with E-state index < -0.39 is 0 Å². The van der Waals surface area contributed by atoms with Gasteiger partial charge in [-0.15, -0.1) is 0 Å². The van der Waals surface area contributed by atoms with Gasteiger partial charge >= 0.3 is 0 Å². The lowest BCUT2D eigenvalue weighted by atomic mass is 9.96. The van der Waals surface area contributed by atoms with Crippen LogP contribution in [0, 0.1) is 36.5 Å². The number of nitrogen functional groups attached to an aromatic ring is 1. The van der Waals surface area contributed by atoms with Crippen molar-refractivity contribution in [1.82, 2.24) is 9.97 Å². The van der Waals surface area contributed by atoms with Crippen LogP contribution in [0.2, 0.25) is 5.02 Å². The summed E-state index contributed by atoms with van der Waals surface area (Å²) >= 11 is 8.83. The Hall–Kier alpha value is -4.01. The molecule has 0 fully saturated rings. The van der Waals surface area contributed by atoms with Crippen LogP contribution in [-0.4, -0.2) is 9.97 Å². The van der Waals surface area contributed by atoms with Crippen molar-refractivity contribution >= 4 is 51.8 Å². The van der Waals surface area contributed by atoms with Gasteiger partial charge < -0.3 is 5.73 Å². The number of halogens is 1. The molecule has 0 radical (unpaired) electrons. The van der Waals surface area contributed by atoms with Crippen LogP contribution in [0.25, 0.3) is 22.0 Å². The topological polar surface area (TPSA) is 99.4 Å². The summed E-state index contributed by atoms with van der Waals surface area (Å²) in [7, 11) is 0. The molecule has 3 aromatic carbocycles. The van der Waals surface area contributed by atoms with Crippen LogP contribution in [-0.2, 0) is 0 Å². The molecule has 0 aliphatic rings. The zero-order valence-corrected chi connectivity index (χ0v) is 22.9. The van der Waals surface area contributed by atoms with E-state index in [-0.39, 0.29) is 16.9 Å². The Labute approximate surface area is 234 Å². The zero-order valence-electron chi connectivity index (χ0n) is 20.5. The third-order valence-electron chi connectivity index (χ3n) is 5.88. The molecule has 8 heteroatoms. The fourth-order valence-corrected chi connectivity index (χ4v) is 5.93. The number of hydrogen-bond acceptors (Lipinski definition) is 7.